The Morgan fingerprint density at radius 3 is 2.50 bits per heavy atom. The lowest BCUT2D eigenvalue weighted by Crippen LogP contribution is -2.24. The van der Waals surface area contributed by atoms with Crippen LogP contribution in [0.5, 0.6) is 11.5 Å². The highest BCUT2D eigenvalue weighted by Crippen LogP contribution is 2.38. The number of hydrogen-bond donors (Lipinski definition) is 1. The van der Waals surface area contributed by atoms with Gasteiger partial charge in [-0.15, -0.1) is 0 Å². The maximum Gasteiger partial charge on any atom is 0.128 e. The van der Waals surface area contributed by atoms with Crippen LogP contribution < -0.4 is 14.8 Å². The van der Waals surface area contributed by atoms with E-state index in [9.17, 15) is 0 Å². The van der Waals surface area contributed by atoms with Crippen LogP contribution in [0.25, 0.3) is 0 Å². The van der Waals surface area contributed by atoms with E-state index < -0.39 is 0 Å². The van der Waals surface area contributed by atoms with Crippen molar-refractivity contribution in [2.24, 2.45) is 5.92 Å². The lowest BCUT2D eigenvalue weighted by Gasteiger charge is -2.30. The molecule has 0 aromatic heterocycles. The van der Waals surface area contributed by atoms with Crippen molar-refractivity contribution < 1.29 is 9.47 Å². The Labute approximate surface area is 121 Å². The molecule has 0 saturated heterocycles. The Bertz CT molecular complexity index is 544. The van der Waals surface area contributed by atoms with E-state index in [2.05, 4.69) is 38.2 Å². The minimum atomic E-state index is 0.154. The van der Waals surface area contributed by atoms with E-state index in [1.165, 1.54) is 11.1 Å². The fourth-order valence-corrected chi connectivity index (χ4v) is 2.79. The summed E-state index contributed by atoms with van der Waals surface area (Å²) in [7, 11) is 3.36. The van der Waals surface area contributed by atoms with E-state index in [4.69, 9.17) is 9.47 Å². The fourth-order valence-electron chi connectivity index (χ4n) is 2.79. The molecule has 1 aromatic carbocycles. The van der Waals surface area contributed by atoms with Crippen molar-refractivity contribution in [3.05, 3.63) is 47.2 Å². The second kappa shape index (κ2) is 6.04. The zero-order chi connectivity index (χ0) is 14.7. The number of nitrogens with one attached hydrogen (secondary N) is 1. The normalized spacial score (nSPS) is 18.2. The highest BCUT2D eigenvalue weighted by atomic mass is 16.5. The van der Waals surface area contributed by atoms with Gasteiger partial charge in [0.15, 0.2) is 0 Å². The minimum Gasteiger partial charge on any atom is -0.497 e. The summed E-state index contributed by atoms with van der Waals surface area (Å²) in [5, 5.41) is 3.45. The molecular weight excluding hydrogens is 250 g/mol. The lowest BCUT2D eigenvalue weighted by molar-refractivity contribution is 0.387. The van der Waals surface area contributed by atoms with Crippen LogP contribution in [0.2, 0.25) is 0 Å². The summed E-state index contributed by atoms with van der Waals surface area (Å²) in [5.74, 6) is 2.14. The third-order valence-electron chi connectivity index (χ3n) is 3.74. The summed E-state index contributed by atoms with van der Waals surface area (Å²) in [5.41, 5.74) is 3.86. The first kappa shape index (κ1) is 14.5. The van der Waals surface area contributed by atoms with Crippen molar-refractivity contribution in [3.63, 3.8) is 0 Å². The van der Waals surface area contributed by atoms with Gasteiger partial charge in [0, 0.05) is 11.6 Å². The molecule has 0 aliphatic carbocycles. The van der Waals surface area contributed by atoms with Crippen LogP contribution in [-0.2, 0) is 0 Å². The monoisotopic (exact) mass is 273 g/mol. The molecule has 0 saturated carbocycles. The molecule has 1 unspecified atom stereocenters. The van der Waals surface area contributed by atoms with E-state index in [0.29, 0.717) is 5.92 Å². The van der Waals surface area contributed by atoms with Crippen molar-refractivity contribution in [1.29, 1.82) is 0 Å². The Kier molecular flexibility index (Phi) is 4.38. The Morgan fingerprint density at radius 2 is 1.90 bits per heavy atom. The van der Waals surface area contributed by atoms with Gasteiger partial charge in [-0.05, 0) is 48.4 Å². The SMILES string of the molecule is COc1ccc(C2NC=CC(C)=C2C(C)C)c(OC)c1. The molecule has 2 rings (SSSR count). The van der Waals surface area contributed by atoms with Gasteiger partial charge in [-0.25, -0.2) is 0 Å². The van der Waals surface area contributed by atoms with Crippen molar-refractivity contribution >= 4 is 0 Å². The average Bonchev–Trinajstić information content (AvgIpc) is 2.45. The van der Waals surface area contributed by atoms with Crippen LogP contribution in [0.3, 0.4) is 0 Å². The molecular formula is C17H23NO2. The molecule has 1 heterocycles. The summed E-state index contributed by atoms with van der Waals surface area (Å²) in [6, 6.07) is 6.14. The van der Waals surface area contributed by atoms with Crippen molar-refractivity contribution in [3.8, 4) is 11.5 Å². The van der Waals surface area contributed by atoms with E-state index in [-0.39, 0.29) is 6.04 Å². The molecule has 20 heavy (non-hydrogen) atoms. The summed E-state index contributed by atoms with van der Waals surface area (Å²) >= 11 is 0. The third-order valence-corrected chi connectivity index (χ3v) is 3.74. The zero-order valence-corrected chi connectivity index (χ0v) is 12.9. The van der Waals surface area contributed by atoms with Gasteiger partial charge in [-0.2, -0.15) is 0 Å². The molecule has 3 heteroatoms. The van der Waals surface area contributed by atoms with Gasteiger partial charge in [0.1, 0.15) is 11.5 Å². The standard InChI is InChI=1S/C17H23NO2/c1-11(2)16-12(3)8-9-18-17(16)14-7-6-13(19-4)10-15(14)20-5/h6-11,17-18H,1-5H3. The molecule has 0 bridgehead atoms. The van der Waals surface area contributed by atoms with Gasteiger partial charge in [-0.3, -0.25) is 0 Å². The summed E-state index contributed by atoms with van der Waals surface area (Å²) in [6.07, 6.45) is 4.14. The molecule has 1 aliphatic heterocycles. The summed E-state index contributed by atoms with van der Waals surface area (Å²) in [6.45, 7) is 6.61. The predicted octanol–water partition coefficient (Wildman–Crippen LogP) is 3.83. The molecule has 1 aromatic rings. The highest BCUT2D eigenvalue weighted by molar-refractivity contribution is 5.48. The topological polar surface area (TPSA) is 30.5 Å². The number of methoxy groups -OCH3 is 2. The van der Waals surface area contributed by atoms with Crippen LogP contribution in [0.15, 0.2) is 41.6 Å². The largest absolute Gasteiger partial charge is 0.497 e. The number of hydrogen-bond acceptors (Lipinski definition) is 3. The van der Waals surface area contributed by atoms with E-state index in [1.54, 1.807) is 14.2 Å². The number of benzene rings is 1. The van der Waals surface area contributed by atoms with Crippen molar-refractivity contribution in [2.75, 3.05) is 14.2 Å². The molecule has 0 amide bonds. The van der Waals surface area contributed by atoms with Gasteiger partial charge in [0.2, 0.25) is 0 Å². The molecule has 3 nitrogen and oxygen atoms in total. The minimum absolute atomic E-state index is 0.154. The number of dihydropyridines is 1. The first-order valence-corrected chi connectivity index (χ1v) is 6.93. The van der Waals surface area contributed by atoms with Crippen LogP contribution in [0.4, 0.5) is 0 Å². The molecule has 108 valence electrons. The van der Waals surface area contributed by atoms with Gasteiger partial charge >= 0.3 is 0 Å². The smallest absolute Gasteiger partial charge is 0.128 e. The zero-order valence-electron chi connectivity index (χ0n) is 12.9. The molecule has 0 spiro atoms. The average molecular weight is 273 g/mol. The Morgan fingerprint density at radius 1 is 1.15 bits per heavy atom. The predicted molar refractivity (Wildman–Crippen MR) is 82.1 cm³/mol. The fraction of sp³-hybridized carbons (Fsp3) is 0.412. The molecule has 1 atom stereocenters. The van der Waals surface area contributed by atoms with Gasteiger partial charge in [-0.1, -0.05) is 13.8 Å². The van der Waals surface area contributed by atoms with Crippen LogP contribution in [0.1, 0.15) is 32.4 Å². The molecule has 0 radical (unpaired) electrons. The van der Waals surface area contributed by atoms with Gasteiger partial charge in [0.05, 0.1) is 20.3 Å². The van der Waals surface area contributed by atoms with Crippen LogP contribution >= 0.6 is 0 Å². The lowest BCUT2D eigenvalue weighted by atomic mass is 9.85. The maximum absolute atomic E-state index is 5.54. The van der Waals surface area contributed by atoms with Crippen LogP contribution in [0, 0.1) is 5.92 Å². The quantitative estimate of drug-likeness (QED) is 0.904. The van der Waals surface area contributed by atoms with Crippen molar-refractivity contribution in [1.82, 2.24) is 5.32 Å². The third kappa shape index (κ3) is 2.67. The van der Waals surface area contributed by atoms with Gasteiger partial charge < -0.3 is 14.8 Å². The molecule has 1 N–H and O–H groups in total. The van der Waals surface area contributed by atoms with Crippen LogP contribution in [-0.4, -0.2) is 14.2 Å². The van der Waals surface area contributed by atoms with E-state index in [1.807, 2.05) is 18.3 Å². The summed E-state index contributed by atoms with van der Waals surface area (Å²) < 4.78 is 10.8. The second-order valence-electron chi connectivity index (χ2n) is 5.33. The number of ether oxygens (including phenoxy) is 2. The second-order valence-corrected chi connectivity index (χ2v) is 5.33. The maximum atomic E-state index is 5.54. The first-order valence-electron chi connectivity index (χ1n) is 6.93. The Hall–Kier alpha value is -1.90. The molecule has 1 aliphatic rings. The highest BCUT2D eigenvalue weighted by Gasteiger charge is 2.25. The molecule has 0 fully saturated rings. The number of rotatable bonds is 4. The first-order chi connectivity index (χ1) is 9.58. The van der Waals surface area contributed by atoms with E-state index in [0.717, 1.165) is 17.1 Å². The number of allylic oxidation sites excluding steroid dienone is 2. The van der Waals surface area contributed by atoms with E-state index >= 15 is 0 Å². The summed E-state index contributed by atoms with van der Waals surface area (Å²) in [4.78, 5) is 0. The van der Waals surface area contributed by atoms with Gasteiger partial charge in [0.25, 0.3) is 0 Å². The Balaban J connectivity index is 2.48. The van der Waals surface area contributed by atoms with Crippen molar-refractivity contribution in [2.45, 2.75) is 26.8 Å².